The zero-order valence-electron chi connectivity index (χ0n) is 18.5. The molecule has 0 aliphatic carbocycles. The second-order valence-corrected chi connectivity index (χ2v) is 11.4. The summed E-state index contributed by atoms with van der Waals surface area (Å²) in [5, 5.41) is 3.70. The van der Waals surface area contributed by atoms with Crippen molar-refractivity contribution in [2.75, 3.05) is 57.0 Å². The second kappa shape index (κ2) is 9.09. The number of carbonyl (C=O) groups is 1. The topological polar surface area (TPSA) is 85.3 Å². The zero-order chi connectivity index (χ0) is 23.0. The Morgan fingerprint density at radius 3 is 2.61 bits per heavy atom. The van der Waals surface area contributed by atoms with Gasteiger partial charge in [0.15, 0.2) is 5.17 Å². The highest BCUT2D eigenvalue weighted by Crippen LogP contribution is 2.42. The summed E-state index contributed by atoms with van der Waals surface area (Å²) in [4.78, 5) is 20.7. The lowest BCUT2D eigenvalue weighted by molar-refractivity contribution is 0.0907. The molecule has 1 unspecified atom stereocenters. The smallest absolute Gasteiger partial charge is 0.257 e. The molecule has 8 nitrogen and oxygen atoms in total. The number of nitrogens with one attached hydrogen (secondary N) is 1. The van der Waals surface area contributed by atoms with Crippen molar-refractivity contribution in [3.8, 4) is 0 Å². The highest BCUT2D eigenvalue weighted by atomic mass is 32.2. The predicted octanol–water partition coefficient (Wildman–Crippen LogP) is 2.02. The lowest BCUT2D eigenvalue weighted by Gasteiger charge is -2.35. The molecule has 2 aromatic rings. The van der Waals surface area contributed by atoms with Crippen molar-refractivity contribution in [3.63, 3.8) is 0 Å². The summed E-state index contributed by atoms with van der Waals surface area (Å²) >= 11 is 1.30. The number of sulfonamides is 1. The SMILES string of the molecule is CN1CCN(CC(NC(=O)c2ccc3c(c2)SC2=NS(=O)(=O)CCN23)c2ccccc2)CC1. The van der Waals surface area contributed by atoms with Crippen molar-refractivity contribution in [2.24, 2.45) is 4.40 Å². The molecule has 174 valence electrons. The van der Waals surface area contributed by atoms with Crippen LogP contribution in [0.15, 0.2) is 57.8 Å². The number of piperazine rings is 1. The molecule has 2 aromatic carbocycles. The number of fused-ring (bicyclic) bond motifs is 3. The third kappa shape index (κ3) is 4.93. The molecule has 0 saturated carbocycles. The average Bonchev–Trinajstić information content (AvgIpc) is 3.16. The molecule has 33 heavy (non-hydrogen) atoms. The number of thioether (sulfide) groups is 1. The third-order valence-electron chi connectivity index (χ3n) is 6.28. The van der Waals surface area contributed by atoms with Crippen LogP contribution in [0.1, 0.15) is 22.0 Å². The molecule has 0 spiro atoms. The maximum absolute atomic E-state index is 13.3. The van der Waals surface area contributed by atoms with E-state index in [2.05, 4.69) is 38.7 Å². The number of hydrogen-bond acceptors (Lipinski definition) is 7. The highest BCUT2D eigenvalue weighted by Gasteiger charge is 2.33. The molecule has 1 N–H and O–H groups in total. The number of amidine groups is 1. The normalized spacial score (nSPS) is 21.1. The Balaban J connectivity index is 1.34. The number of hydrogen-bond donors (Lipinski definition) is 1. The van der Waals surface area contributed by atoms with Gasteiger partial charge in [0, 0.05) is 49.7 Å². The molecule has 1 amide bonds. The number of rotatable bonds is 5. The lowest BCUT2D eigenvalue weighted by Crippen LogP contribution is -2.47. The first kappa shape index (κ1) is 22.4. The van der Waals surface area contributed by atoms with Crippen LogP contribution in [-0.4, -0.2) is 81.4 Å². The first-order valence-electron chi connectivity index (χ1n) is 11.1. The van der Waals surface area contributed by atoms with Gasteiger partial charge in [-0.25, -0.2) is 8.42 Å². The molecular weight excluding hydrogens is 458 g/mol. The summed E-state index contributed by atoms with van der Waals surface area (Å²) in [6.07, 6.45) is 0. The van der Waals surface area contributed by atoms with Crippen LogP contribution in [0.5, 0.6) is 0 Å². The third-order valence-corrected chi connectivity index (χ3v) is 8.59. The summed E-state index contributed by atoms with van der Waals surface area (Å²) in [7, 11) is -1.27. The van der Waals surface area contributed by atoms with E-state index in [0.717, 1.165) is 48.9 Å². The zero-order valence-corrected chi connectivity index (χ0v) is 20.1. The number of amides is 1. The predicted molar refractivity (Wildman–Crippen MR) is 131 cm³/mol. The van der Waals surface area contributed by atoms with Crippen molar-refractivity contribution >= 4 is 38.5 Å². The van der Waals surface area contributed by atoms with E-state index >= 15 is 0 Å². The highest BCUT2D eigenvalue weighted by molar-refractivity contribution is 8.15. The Morgan fingerprint density at radius 1 is 1.09 bits per heavy atom. The van der Waals surface area contributed by atoms with E-state index in [4.69, 9.17) is 0 Å². The van der Waals surface area contributed by atoms with Crippen LogP contribution >= 0.6 is 11.8 Å². The molecule has 1 fully saturated rings. The molecule has 3 heterocycles. The van der Waals surface area contributed by atoms with Crippen LogP contribution < -0.4 is 10.2 Å². The van der Waals surface area contributed by atoms with Gasteiger partial charge in [-0.15, -0.1) is 4.40 Å². The maximum atomic E-state index is 13.3. The Kier molecular flexibility index (Phi) is 6.17. The van der Waals surface area contributed by atoms with Gasteiger partial charge in [-0.05, 0) is 42.6 Å². The molecule has 3 aliphatic rings. The van der Waals surface area contributed by atoms with Crippen molar-refractivity contribution in [1.82, 2.24) is 15.1 Å². The average molecular weight is 486 g/mol. The van der Waals surface area contributed by atoms with Crippen LogP contribution in [0.2, 0.25) is 0 Å². The summed E-state index contributed by atoms with van der Waals surface area (Å²) in [6, 6.07) is 15.5. The number of anilines is 1. The monoisotopic (exact) mass is 485 g/mol. The number of benzene rings is 2. The largest absolute Gasteiger partial charge is 0.344 e. The minimum Gasteiger partial charge on any atom is -0.344 e. The van der Waals surface area contributed by atoms with Crippen LogP contribution in [0.4, 0.5) is 5.69 Å². The fourth-order valence-corrected chi connectivity index (χ4v) is 6.62. The molecule has 0 aromatic heterocycles. The molecule has 3 aliphatic heterocycles. The van der Waals surface area contributed by atoms with Gasteiger partial charge in [0.25, 0.3) is 15.9 Å². The van der Waals surface area contributed by atoms with E-state index in [1.54, 1.807) is 6.07 Å². The standard InChI is InChI=1S/C23H27N5O3S2/c1-26-9-11-27(12-10-26)16-19(17-5-3-2-4-6-17)24-22(29)18-7-8-20-21(15-18)32-23-25-33(30,31)14-13-28(20)23/h2-8,15,19H,9-14,16H2,1H3,(H,24,29). The lowest BCUT2D eigenvalue weighted by atomic mass is 10.0. The number of carbonyl (C=O) groups excluding carboxylic acids is 1. The first-order valence-corrected chi connectivity index (χ1v) is 13.5. The number of nitrogens with zero attached hydrogens (tertiary/aromatic N) is 4. The van der Waals surface area contributed by atoms with Crippen LogP contribution in [0, 0.1) is 0 Å². The molecule has 0 radical (unpaired) electrons. The fraction of sp³-hybridized carbons (Fsp3) is 0.391. The summed E-state index contributed by atoms with van der Waals surface area (Å²) in [6.45, 7) is 5.14. The molecule has 5 rings (SSSR count). The van der Waals surface area contributed by atoms with Crippen LogP contribution in [0.3, 0.4) is 0 Å². The van der Waals surface area contributed by atoms with Crippen molar-refractivity contribution in [1.29, 1.82) is 0 Å². The summed E-state index contributed by atoms with van der Waals surface area (Å²) < 4.78 is 27.6. The van der Waals surface area contributed by atoms with Gasteiger partial charge in [0.1, 0.15) is 0 Å². The van der Waals surface area contributed by atoms with Crippen molar-refractivity contribution in [3.05, 3.63) is 59.7 Å². The maximum Gasteiger partial charge on any atom is 0.257 e. The Labute approximate surface area is 198 Å². The summed E-state index contributed by atoms with van der Waals surface area (Å²) in [5.74, 6) is -0.134. The van der Waals surface area contributed by atoms with Gasteiger partial charge >= 0.3 is 0 Å². The van der Waals surface area contributed by atoms with E-state index in [-0.39, 0.29) is 17.7 Å². The van der Waals surface area contributed by atoms with Gasteiger partial charge < -0.3 is 15.1 Å². The summed E-state index contributed by atoms with van der Waals surface area (Å²) in [5.41, 5.74) is 2.54. The van der Waals surface area contributed by atoms with E-state index in [0.29, 0.717) is 17.3 Å². The van der Waals surface area contributed by atoms with Gasteiger partial charge in [-0.2, -0.15) is 0 Å². The molecule has 1 atom stereocenters. The van der Waals surface area contributed by atoms with Crippen molar-refractivity contribution in [2.45, 2.75) is 10.9 Å². The van der Waals surface area contributed by atoms with Gasteiger partial charge in [-0.1, -0.05) is 30.3 Å². The Bertz CT molecular complexity index is 1180. The van der Waals surface area contributed by atoms with E-state index in [9.17, 15) is 13.2 Å². The van der Waals surface area contributed by atoms with Gasteiger partial charge in [-0.3, -0.25) is 9.69 Å². The Hall–Kier alpha value is -2.40. The minimum absolute atomic E-state index is 0.00375. The molecular formula is C23H27N5O3S2. The number of likely N-dealkylation sites (N-methyl/N-ethyl adjacent to an activating group) is 1. The van der Waals surface area contributed by atoms with Crippen molar-refractivity contribution < 1.29 is 13.2 Å². The molecule has 1 saturated heterocycles. The Morgan fingerprint density at radius 2 is 1.85 bits per heavy atom. The first-order chi connectivity index (χ1) is 15.9. The van der Waals surface area contributed by atoms with E-state index < -0.39 is 10.0 Å². The fourth-order valence-electron chi connectivity index (χ4n) is 4.32. The van der Waals surface area contributed by atoms with Gasteiger partial charge in [0.05, 0.1) is 17.5 Å². The molecule has 0 bridgehead atoms. The van der Waals surface area contributed by atoms with Crippen LogP contribution in [0.25, 0.3) is 0 Å². The van der Waals surface area contributed by atoms with E-state index in [1.807, 2.05) is 35.2 Å². The molecule has 10 heteroatoms. The van der Waals surface area contributed by atoms with E-state index in [1.165, 1.54) is 11.8 Å². The van der Waals surface area contributed by atoms with Crippen LogP contribution in [-0.2, 0) is 10.0 Å². The quantitative estimate of drug-likeness (QED) is 0.694. The minimum atomic E-state index is -3.41. The second-order valence-electron chi connectivity index (χ2n) is 8.64. The van der Waals surface area contributed by atoms with Gasteiger partial charge in [0.2, 0.25) is 0 Å².